The maximum atomic E-state index is 12.9. The van der Waals surface area contributed by atoms with Crippen molar-refractivity contribution in [2.75, 3.05) is 0 Å². The Morgan fingerprint density at radius 3 is 2.11 bits per heavy atom. The monoisotopic (exact) mass is 438 g/mol. The summed E-state index contributed by atoms with van der Waals surface area (Å²) in [5, 5.41) is 25.4. The summed E-state index contributed by atoms with van der Waals surface area (Å²) < 4.78 is 0.778. The number of hydrazone groups is 1. The van der Waals surface area contributed by atoms with Gasteiger partial charge in [-0.2, -0.15) is 5.10 Å². The number of carbonyl (C=O) groups is 1. The Hall–Kier alpha value is -2.96. The lowest BCUT2D eigenvalue weighted by molar-refractivity contribution is -0.136. The van der Waals surface area contributed by atoms with Crippen LogP contribution in [0.15, 0.2) is 82.4 Å². The van der Waals surface area contributed by atoms with Gasteiger partial charge in [0.15, 0.2) is 5.60 Å². The highest BCUT2D eigenvalue weighted by Gasteiger charge is 2.39. The molecule has 0 bridgehead atoms. The van der Waals surface area contributed by atoms with Gasteiger partial charge < -0.3 is 10.2 Å². The van der Waals surface area contributed by atoms with Crippen LogP contribution in [-0.4, -0.2) is 22.3 Å². The summed E-state index contributed by atoms with van der Waals surface area (Å²) >= 11 is 3.36. The molecule has 0 fully saturated rings. The van der Waals surface area contributed by atoms with Crippen LogP contribution in [0, 0.1) is 6.92 Å². The number of phenolic OH excluding ortho intramolecular Hbond substituents is 1. The van der Waals surface area contributed by atoms with Gasteiger partial charge in [-0.25, -0.2) is 5.43 Å². The third kappa shape index (κ3) is 3.98. The molecule has 0 aliphatic heterocycles. The quantitative estimate of drug-likeness (QED) is 0.417. The topological polar surface area (TPSA) is 81.9 Å². The fourth-order valence-electron chi connectivity index (χ4n) is 2.89. The molecule has 3 rings (SSSR count). The van der Waals surface area contributed by atoms with Crippen molar-refractivity contribution in [3.05, 3.63) is 99.5 Å². The van der Waals surface area contributed by atoms with Gasteiger partial charge in [0.2, 0.25) is 0 Å². The molecule has 0 unspecified atom stereocenters. The number of aryl methyl sites for hydroxylation is 1. The van der Waals surface area contributed by atoms with Crippen molar-refractivity contribution in [2.45, 2.75) is 12.5 Å². The first-order chi connectivity index (χ1) is 13.4. The number of nitrogens with zero attached hydrogens (tertiary/aromatic N) is 1. The van der Waals surface area contributed by atoms with Crippen molar-refractivity contribution in [3.63, 3.8) is 0 Å². The molecule has 5 nitrogen and oxygen atoms in total. The van der Waals surface area contributed by atoms with Crippen molar-refractivity contribution in [1.82, 2.24) is 5.43 Å². The minimum Gasteiger partial charge on any atom is -0.507 e. The van der Waals surface area contributed by atoms with Gasteiger partial charge >= 0.3 is 0 Å². The first-order valence-electron chi connectivity index (χ1n) is 8.59. The lowest BCUT2D eigenvalue weighted by Crippen LogP contribution is -2.43. The van der Waals surface area contributed by atoms with Gasteiger partial charge in [-0.3, -0.25) is 4.79 Å². The number of hydrogen-bond acceptors (Lipinski definition) is 4. The Bertz CT molecular complexity index is 966. The number of hydrogen-bond donors (Lipinski definition) is 3. The largest absolute Gasteiger partial charge is 0.507 e. The molecule has 0 spiro atoms. The molecule has 0 aromatic heterocycles. The number of halogens is 1. The lowest BCUT2D eigenvalue weighted by atomic mass is 9.85. The second-order valence-corrected chi connectivity index (χ2v) is 7.22. The van der Waals surface area contributed by atoms with Crippen LogP contribution in [0.2, 0.25) is 0 Å². The Balaban J connectivity index is 1.91. The van der Waals surface area contributed by atoms with E-state index in [4.69, 9.17) is 0 Å². The first kappa shape index (κ1) is 19.8. The molecule has 0 saturated heterocycles. The highest BCUT2D eigenvalue weighted by molar-refractivity contribution is 9.10. The zero-order chi connectivity index (χ0) is 20.1. The van der Waals surface area contributed by atoms with E-state index in [0.717, 1.165) is 4.47 Å². The summed E-state index contributed by atoms with van der Waals surface area (Å²) in [5.74, 6) is -0.630. The van der Waals surface area contributed by atoms with Gasteiger partial charge in [0.25, 0.3) is 5.91 Å². The molecular formula is C22H19BrN2O3. The smallest absolute Gasteiger partial charge is 0.281 e. The average Bonchev–Trinajstić information content (AvgIpc) is 2.72. The lowest BCUT2D eigenvalue weighted by Gasteiger charge is -2.27. The van der Waals surface area contributed by atoms with Crippen molar-refractivity contribution in [3.8, 4) is 5.75 Å². The molecule has 28 heavy (non-hydrogen) atoms. The highest BCUT2D eigenvalue weighted by Crippen LogP contribution is 2.30. The third-order valence-corrected chi connectivity index (χ3v) is 4.83. The minimum atomic E-state index is -1.91. The fraction of sp³-hybridized carbons (Fsp3) is 0.0909. The predicted octanol–water partition coefficient (Wildman–Crippen LogP) is 3.85. The van der Waals surface area contributed by atoms with Crippen molar-refractivity contribution in [1.29, 1.82) is 0 Å². The third-order valence-electron chi connectivity index (χ3n) is 4.38. The van der Waals surface area contributed by atoms with E-state index in [1.54, 1.807) is 67.6 Å². The van der Waals surface area contributed by atoms with Gasteiger partial charge in [0.1, 0.15) is 5.75 Å². The number of aliphatic hydroxyl groups is 1. The van der Waals surface area contributed by atoms with E-state index < -0.39 is 11.5 Å². The standard InChI is InChI=1S/C22H19BrN2O3/c1-15-12-19(23)13-16(20(15)26)14-24-25-21(27)22(28,17-8-4-2-5-9-17)18-10-6-3-7-11-18/h2-14,26,28H,1H3,(H,25,27)/b24-14-. The number of aromatic hydroxyl groups is 1. The molecule has 3 aromatic carbocycles. The van der Waals surface area contributed by atoms with Crippen LogP contribution >= 0.6 is 15.9 Å². The summed E-state index contributed by atoms with van der Waals surface area (Å²) in [6.45, 7) is 1.76. The normalized spacial score (nSPS) is 11.5. The first-order valence-corrected chi connectivity index (χ1v) is 9.38. The van der Waals surface area contributed by atoms with E-state index in [2.05, 4.69) is 26.5 Å². The van der Waals surface area contributed by atoms with Crippen LogP contribution in [0.5, 0.6) is 5.75 Å². The van der Waals surface area contributed by atoms with Crippen LogP contribution in [0.1, 0.15) is 22.3 Å². The van der Waals surface area contributed by atoms with Crippen molar-refractivity contribution >= 4 is 28.1 Å². The molecule has 0 atom stereocenters. The van der Waals surface area contributed by atoms with Gasteiger partial charge in [-0.05, 0) is 35.7 Å². The maximum absolute atomic E-state index is 12.9. The molecule has 0 saturated carbocycles. The van der Waals surface area contributed by atoms with E-state index in [1.165, 1.54) is 6.21 Å². The molecule has 0 heterocycles. The van der Waals surface area contributed by atoms with Crippen LogP contribution in [-0.2, 0) is 10.4 Å². The van der Waals surface area contributed by atoms with E-state index in [1.807, 2.05) is 12.1 Å². The predicted molar refractivity (Wildman–Crippen MR) is 112 cm³/mol. The molecular weight excluding hydrogens is 420 g/mol. The number of benzene rings is 3. The Morgan fingerprint density at radius 2 is 1.57 bits per heavy atom. The summed E-state index contributed by atoms with van der Waals surface area (Å²) in [7, 11) is 0. The number of rotatable bonds is 5. The van der Waals surface area contributed by atoms with Crippen LogP contribution in [0.25, 0.3) is 0 Å². The molecule has 6 heteroatoms. The summed E-state index contributed by atoms with van der Waals surface area (Å²) in [6, 6.07) is 20.8. The zero-order valence-corrected chi connectivity index (χ0v) is 16.7. The number of phenols is 1. The Kier molecular flexibility index (Phi) is 5.92. The average molecular weight is 439 g/mol. The van der Waals surface area contributed by atoms with E-state index in [-0.39, 0.29) is 5.75 Å². The maximum Gasteiger partial charge on any atom is 0.281 e. The van der Waals surface area contributed by atoms with E-state index in [0.29, 0.717) is 22.3 Å². The summed E-state index contributed by atoms with van der Waals surface area (Å²) in [5.41, 5.74) is 2.45. The van der Waals surface area contributed by atoms with Crippen LogP contribution in [0.3, 0.4) is 0 Å². The molecule has 0 radical (unpaired) electrons. The van der Waals surface area contributed by atoms with Crippen molar-refractivity contribution in [2.24, 2.45) is 5.10 Å². The van der Waals surface area contributed by atoms with E-state index >= 15 is 0 Å². The number of nitrogens with one attached hydrogen (secondary N) is 1. The van der Waals surface area contributed by atoms with Crippen LogP contribution < -0.4 is 5.43 Å². The summed E-state index contributed by atoms with van der Waals surface area (Å²) in [4.78, 5) is 12.9. The molecule has 0 aliphatic carbocycles. The molecule has 142 valence electrons. The molecule has 1 amide bonds. The fourth-order valence-corrected chi connectivity index (χ4v) is 3.48. The molecule has 0 aliphatic rings. The van der Waals surface area contributed by atoms with E-state index in [9.17, 15) is 15.0 Å². The van der Waals surface area contributed by atoms with Gasteiger partial charge in [-0.15, -0.1) is 0 Å². The Morgan fingerprint density at radius 1 is 1.04 bits per heavy atom. The second-order valence-electron chi connectivity index (χ2n) is 6.30. The molecule has 3 N–H and O–H groups in total. The van der Waals surface area contributed by atoms with Gasteiger partial charge in [-0.1, -0.05) is 76.6 Å². The van der Waals surface area contributed by atoms with Gasteiger partial charge in [0.05, 0.1) is 6.21 Å². The number of amides is 1. The number of carbonyl (C=O) groups excluding carboxylic acids is 1. The van der Waals surface area contributed by atoms with Crippen LogP contribution in [0.4, 0.5) is 0 Å². The minimum absolute atomic E-state index is 0.0718. The highest BCUT2D eigenvalue weighted by atomic mass is 79.9. The Labute approximate surface area is 171 Å². The summed E-state index contributed by atoms with van der Waals surface area (Å²) in [6.07, 6.45) is 1.33. The molecule has 3 aromatic rings. The second kappa shape index (κ2) is 8.37. The van der Waals surface area contributed by atoms with Crippen molar-refractivity contribution < 1.29 is 15.0 Å². The van der Waals surface area contributed by atoms with Gasteiger partial charge in [0, 0.05) is 10.0 Å². The zero-order valence-electron chi connectivity index (χ0n) is 15.1. The SMILES string of the molecule is Cc1cc(Br)cc(/C=N\NC(=O)C(O)(c2ccccc2)c2ccccc2)c1O.